The molecule has 1 fully saturated rings. The average Bonchev–Trinajstić information content (AvgIpc) is 2.08. The largest absolute Gasteiger partial charge is 0.306 e. The van der Waals surface area contributed by atoms with E-state index in [-0.39, 0.29) is 6.04 Å². The van der Waals surface area contributed by atoms with Gasteiger partial charge in [-0.05, 0) is 19.8 Å². The quantitative estimate of drug-likeness (QED) is 0.758. The van der Waals surface area contributed by atoms with Gasteiger partial charge >= 0.3 is 0 Å². The third-order valence-electron chi connectivity index (χ3n) is 2.26. The zero-order chi connectivity index (χ0) is 9.84. The minimum atomic E-state index is -2.31. The molecule has 78 valence electrons. The molecule has 0 spiro atoms. The van der Waals surface area contributed by atoms with E-state index in [1.807, 2.05) is 0 Å². The van der Waals surface area contributed by atoms with Gasteiger partial charge in [0.2, 0.25) is 0 Å². The average molecular weight is 211 g/mol. The van der Waals surface area contributed by atoms with Gasteiger partial charge in [0.15, 0.2) is 0 Å². The minimum Gasteiger partial charge on any atom is -0.306 e. The Morgan fingerprint density at radius 3 is 2.38 bits per heavy atom. The van der Waals surface area contributed by atoms with Gasteiger partial charge in [0, 0.05) is 28.3 Å². The van der Waals surface area contributed by atoms with Crippen LogP contribution in [0.1, 0.15) is 19.8 Å². The zero-order valence-electron chi connectivity index (χ0n) is 7.63. The lowest BCUT2D eigenvalue weighted by molar-refractivity contribution is 0.0990. The van der Waals surface area contributed by atoms with Gasteiger partial charge in [-0.3, -0.25) is 4.21 Å². The molecule has 1 unspecified atom stereocenters. The zero-order valence-corrected chi connectivity index (χ0v) is 8.45. The van der Waals surface area contributed by atoms with Crippen LogP contribution in [0.5, 0.6) is 0 Å². The smallest absolute Gasteiger partial charge is 0.253 e. The van der Waals surface area contributed by atoms with Crippen molar-refractivity contribution in [2.24, 2.45) is 0 Å². The first-order valence-corrected chi connectivity index (χ1v) is 5.97. The van der Waals surface area contributed by atoms with Crippen molar-refractivity contribution in [3.05, 3.63) is 0 Å². The highest BCUT2D eigenvalue weighted by Crippen LogP contribution is 2.11. The highest BCUT2D eigenvalue weighted by atomic mass is 32.2. The number of hydrogen-bond acceptors (Lipinski definition) is 2. The van der Waals surface area contributed by atoms with E-state index in [1.54, 1.807) is 0 Å². The van der Waals surface area contributed by atoms with E-state index >= 15 is 0 Å². The molecule has 2 nitrogen and oxygen atoms in total. The Bertz CT molecular complexity index is 179. The van der Waals surface area contributed by atoms with E-state index in [0.29, 0.717) is 11.5 Å². The Hall–Kier alpha value is -0.0300. The van der Waals surface area contributed by atoms with Crippen molar-refractivity contribution >= 4 is 10.8 Å². The number of halogens is 2. The first-order valence-electron chi connectivity index (χ1n) is 4.48. The van der Waals surface area contributed by atoms with Gasteiger partial charge in [-0.15, -0.1) is 0 Å². The standard InChI is InChI=1S/C8H15F2NOS/c1-6(8(9)10)11-7-2-4-13(12)5-3-7/h6-8,11H,2-5H2,1H3. The van der Waals surface area contributed by atoms with Crippen LogP contribution in [0.25, 0.3) is 0 Å². The second-order valence-corrected chi connectivity index (χ2v) is 5.11. The van der Waals surface area contributed by atoms with Crippen LogP contribution in [-0.2, 0) is 10.8 Å². The topological polar surface area (TPSA) is 29.1 Å². The molecule has 1 saturated heterocycles. The third kappa shape index (κ3) is 3.68. The molecular formula is C8H15F2NOS. The summed E-state index contributed by atoms with van der Waals surface area (Å²) in [7, 11) is -0.714. The molecule has 1 aliphatic heterocycles. The number of hydrogen-bond donors (Lipinski definition) is 1. The molecule has 0 aromatic heterocycles. The Kier molecular flexibility index (Phi) is 4.25. The summed E-state index contributed by atoms with van der Waals surface area (Å²) >= 11 is 0. The normalized spacial score (nSPS) is 32.0. The van der Waals surface area contributed by atoms with Crippen LogP contribution in [0.3, 0.4) is 0 Å². The van der Waals surface area contributed by atoms with Gasteiger partial charge < -0.3 is 5.32 Å². The van der Waals surface area contributed by atoms with Gasteiger partial charge in [-0.2, -0.15) is 0 Å². The summed E-state index contributed by atoms with van der Waals surface area (Å²) in [5.41, 5.74) is 0. The molecule has 0 aromatic rings. The Balaban J connectivity index is 2.26. The van der Waals surface area contributed by atoms with Crippen molar-refractivity contribution in [1.29, 1.82) is 0 Å². The summed E-state index contributed by atoms with van der Waals surface area (Å²) in [6.07, 6.45) is -0.805. The van der Waals surface area contributed by atoms with Crippen molar-refractivity contribution in [2.75, 3.05) is 11.5 Å². The van der Waals surface area contributed by atoms with Crippen LogP contribution in [-0.4, -0.2) is 34.2 Å². The molecule has 1 aliphatic rings. The molecule has 1 heterocycles. The van der Waals surface area contributed by atoms with Crippen LogP contribution >= 0.6 is 0 Å². The molecule has 0 aromatic carbocycles. The van der Waals surface area contributed by atoms with Crippen molar-refractivity contribution in [1.82, 2.24) is 5.32 Å². The molecule has 1 atom stereocenters. The molecule has 0 aliphatic carbocycles. The maximum atomic E-state index is 12.1. The van der Waals surface area contributed by atoms with E-state index in [4.69, 9.17) is 0 Å². The first kappa shape index (κ1) is 11.0. The molecule has 1 N–H and O–H groups in total. The van der Waals surface area contributed by atoms with Gasteiger partial charge in [-0.25, -0.2) is 8.78 Å². The summed E-state index contributed by atoms with van der Waals surface area (Å²) in [5, 5.41) is 2.85. The van der Waals surface area contributed by atoms with Crippen molar-refractivity contribution < 1.29 is 13.0 Å². The molecule has 0 bridgehead atoms. The lowest BCUT2D eigenvalue weighted by Crippen LogP contribution is -2.43. The van der Waals surface area contributed by atoms with Crippen molar-refractivity contribution in [3.63, 3.8) is 0 Å². The molecule has 5 heteroatoms. The molecule has 0 amide bonds. The minimum absolute atomic E-state index is 0.127. The summed E-state index contributed by atoms with van der Waals surface area (Å²) in [6, 6.07) is -0.627. The van der Waals surface area contributed by atoms with Crippen LogP contribution in [0, 0.1) is 0 Å². The van der Waals surface area contributed by atoms with Gasteiger partial charge in [-0.1, -0.05) is 0 Å². The molecule has 13 heavy (non-hydrogen) atoms. The van der Waals surface area contributed by atoms with Gasteiger partial charge in [0.25, 0.3) is 6.43 Å². The van der Waals surface area contributed by atoms with Gasteiger partial charge in [0.1, 0.15) is 0 Å². The van der Waals surface area contributed by atoms with Gasteiger partial charge in [0.05, 0.1) is 6.04 Å². The molecule has 1 rings (SSSR count). The fourth-order valence-corrected chi connectivity index (χ4v) is 2.70. The summed E-state index contributed by atoms with van der Waals surface area (Å²) in [6.45, 7) is 1.48. The van der Waals surface area contributed by atoms with Crippen molar-refractivity contribution in [3.8, 4) is 0 Å². The second-order valence-electron chi connectivity index (χ2n) is 3.41. The van der Waals surface area contributed by atoms with E-state index in [9.17, 15) is 13.0 Å². The van der Waals surface area contributed by atoms with Crippen molar-refractivity contribution in [2.45, 2.75) is 38.3 Å². The predicted octanol–water partition coefficient (Wildman–Crippen LogP) is 1.14. The number of nitrogens with one attached hydrogen (secondary N) is 1. The van der Waals surface area contributed by atoms with Crippen LogP contribution in [0.15, 0.2) is 0 Å². The molecular weight excluding hydrogens is 196 g/mol. The highest BCUT2D eigenvalue weighted by molar-refractivity contribution is 7.85. The van der Waals surface area contributed by atoms with E-state index in [2.05, 4.69) is 5.32 Å². The summed E-state index contributed by atoms with van der Waals surface area (Å²) in [4.78, 5) is 0. The maximum Gasteiger partial charge on any atom is 0.253 e. The summed E-state index contributed by atoms with van der Waals surface area (Å²) < 4.78 is 35.2. The van der Waals surface area contributed by atoms with Crippen LogP contribution in [0.2, 0.25) is 0 Å². The van der Waals surface area contributed by atoms with E-state index in [0.717, 1.165) is 12.8 Å². The number of alkyl halides is 2. The second kappa shape index (κ2) is 5.00. The van der Waals surface area contributed by atoms with Crippen LogP contribution in [0.4, 0.5) is 8.78 Å². The maximum absolute atomic E-state index is 12.1. The SMILES string of the molecule is CC(NC1CCS(=O)CC1)C(F)F. The molecule has 0 radical (unpaired) electrons. The summed E-state index contributed by atoms with van der Waals surface area (Å²) in [5.74, 6) is 1.29. The number of rotatable bonds is 3. The predicted molar refractivity (Wildman–Crippen MR) is 49.5 cm³/mol. The first-order chi connectivity index (χ1) is 6.09. The Morgan fingerprint density at radius 1 is 1.38 bits per heavy atom. The lowest BCUT2D eigenvalue weighted by Gasteiger charge is -2.25. The van der Waals surface area contributed by atoms with E-state index < -0.39 is 23.3 Å². The van der Waals surface area contributed by atoms with E-state index in [1.165, 1.54) is 6.92 Å². The Labute approximate surface area is 79.5 Å². The van der Waals surface area contributed by atoms with Crippen LogP contribution < -0.4 is 5.32 Å². The Morgan fingerprint density at radius 2 is 1.92 bits per heavy atom. The molecule has 0 saturated carbocycles. The lowest BCUT2D eigenvalue weighted by atomic mass is 10.1. The third-order valence-corrected chi connectivity index (χ3v) is 3.65. The fraction of sp³-hybridized carbons (Fsp3) is 1.00. The highest BCUT2D eigenvalue weighted by Gasteiger charge is 2.22. The fourth-order valence-electron chi connectivity index (χ4n) is 1.41. The monoisotopic (exact) mass is 211 g/mol.